The van der Waals surface area contributed by atoms with E-state index in [9.17, 15) is 4.79 Å². The number of benzene rings is 2. The number of primary amides is 1. The molecule has 2 N–H and O–H groups in total. The number of rotatable bonds is 8. The molecular formula is C27H27N5O5. The summed E-state index contributed by atoms with van der Waals surface area (Å²) in [6.45, 7) is 6.06. The van der Waals surface area contributed by atoms with Gasteiger partial charge in [-0.15, -0.1) is 0 Å². The SMILES string of the molecule is Cc1noc(-c2nccc(Oc3ccc(C(C)(C)c4ccc(OC5CC(OC(N)=O)C5)cc4)cc3)n2)n1. The van der Waals surface area contributed by atoms with Crippen LogP contribution in [0.5, 0.6) is 17.4 Å². The predicted octanol–water partition coefficient (Wildman–Crippen LogP) is 4.96. The van der Waals surface area contributed by atoms with Gasteiger partial charge in [-0.05, 0) is 42.3 Å². The van der Waals surface area contributed by atoms with E-state index in [-0.39, 0.29) is 23.5 Å². The van der Waals surface area contributed by atoms with Crippen LogP contribution in [-0.2, 0) is 10.2 Å². The first-order chi connectivity index (χ1) is 17.8. The summed E-state index contributed by atoms with van der Waals surface area (Å²) in [7, 11) is 0. The van der Waals surface area contributed by atoms with Crippen molar-refractivity contribution in [3.05, 3.63) is 77.7 Å². The van der Waals surface area contributed by atoms with Crippen molar-refractivity contribution in [2.45, 2.75) is 51.2 Å². The first-order valence-corrected chi connectivity index (χ1v) is 11.9. The zero-order chi connectivity index (χ0) is 26.0. The molecule has 0 aliphatic heterocycles. The number of aryl methyl sites for hydroxylation is 1. The third-order valence-corrected chi connectivity index (χ3v) is 6.36. The molecule has 1 amide bonds. The van der Waals surface area contributed by atoms with Gasteiger partial charge in [0, 0.05) is 30.5 Å². The lowest BCUT2D eigenvalue weighted by atomic mass is 9.78. The van der Waals surface area contributed by atoms with E-state index in [1.807, 2.05) is 36.4 Å². The highest BCUT2D eigenvalue weighted by molar-refractivity contribution is 5.64. The van der Waals surface area contributed by atoms with Crippen LogP contribution in [0.25, 0.3) is 11.7 Å². The van der Waals surface area contributed by atoms with E-state index in [4.69, 9.17) is 24.5 Å². The number of nitrogens with zero attached hydrogens (tertiary/aromatic N) is 4. The van der Waals surface area contributed by atoms with Crippen molar-refractivity contribution in [2.24, 2.45) is 5.73 Å². The molecule has 5 rings (SSSR count). The van der Waals surface area contributed by atoms with Gasteiger partial charge < -0.3 is 24.5 Å². The van der Waals surface area contributed by atoms with Gasteiger partial charge >= 0.3 is 6.09 Å². The van der Waals surface area contributed by atoms with Crippen molar-refractivity contribution >= 4 is 6.09 Å². The Hall–Kier alpha value is -4.47. The fourth-order valence-corrected chi connectivity index (χ4v) is 4.13. The molecule has 0 spiro atoms. The van der Waals surface area contributed by atoms with E-state index >= 15 is 0 Å². The minimum Gasteiger partial charge on any atom is -0.490 e. The summed E-state index contributed by atoms with van der Waals surface area (Å²) < 4.78 is 22.0. The quantitative estimate of drug-likeness (QED) is 0.355. The highest BCUT2D eigenvalue weighted by Gasteiger charge is 2.33. The van der Waals surface area contributed by atoms with Crippen LogP contribution in [0.4, 0.5) is 4.79 Å². The molecule has 1 aliphatic carbocycles. The van der Waals surface area contributed by atoms with Gasteiger partial charge in [0.2, 0.25) is 11.7 Å². The maximum atomic E-state index is 10.8. The molecule has 37 heavy (non-hydrogen) atoms. The normalized spacial score (nSPS) is 17.1. The molecule has 1 fully saturated rings. The Kier molecular flexibility index (Phi) is 6.47. The third kappa shape index (κ3) is 5.53. The zero-order valence-electron chi connectivity index (χ0n) is 20.7. The zero-order valence-corrected chi connectivity index (χ0v) is 20.7. The highest BCUT2D eigenvalue weighted by atomic mass is 16.6. The first kappa shape index (κ1) is 24.2. The van der Waals surface area contributed by atoms with Crippen molar-refractivity contribution in [1.82, 2.24) is 20.1 Å². The van der Waals surface area contributed by atoms with Crippen molar-refractivity contribution in [2.75, 3.05) is 0 Å². The number of hydrogen-bond donors (Lipinski definition) is 1. The van der Waals surface area contributed by atoms with Gasteiger partial charge in [-0.2, -0.15) is 9.97 Å². The van der Waals surface area contributed by atoms with Gasteiger partial charge in [0.1, 0.15) is 23.7 Å². The minimum absolute atomic E-state index is 0.0258. The number of aromatic nitrogens is 4. The Balaban J connectivity index is 1.21. The van der Waals surface area contributed by atoms with Crippen LogP contribution in [0.15, 0.2) is 65.3 Å². The topological polar surface area (TPSA) is 135 Å². The van der Waals surface area contributed by atoms with Gasteiger partial charge in [-0.3, -0.25) is 0 Å². The Bertz CT molecular complexity index is 1380. The summed E-state index contributed by atoms with van der Waals surface area (Å²) >= 11 is 0. The minimum atomic E-state index is -0.742. The van der Waals surface area contributed by atoms with Gasteiger partial charge in [-0.25, -0.2) is 9.78 Å². The molecule has 2 aromatic heterocycles. The number of ether oxygens (including phenoxy) is 3. The smallest absolute Gasteiger partial charge is 0.404 e. The molecule has 2 heterocycles. The van der Waals surface area contributed by atoms with Crippen LogP contribution in [0, 0.1) is 6.92 Å². The van der Waals surface area contributed by atoms with Crippen LogP contribution >= 0.6 is 0 Å². The summed E-state index contributed by atoms with van der Waals surface area (Å²) in [5.41, 5.74) is 7.08. The fraction of sp³-hybridized carbons (Fsp3) is 0.296. The van der Waals surface area contributed by atoms with E-state index in [1.165, 1.54) is 0 Å². The van der Waals surface area contributed by atoms with Crippen molar-refractivity contribution in [3.8, 4) is 29.1 Å². The van der Waals surface area contributed by atoms with Crippen LogP contribution in [0.1, 0.15) is 43.6 Å². The van der Waals surface area contributed by atoms with Gasteiger partial charge in [-0.1, -0.05) is 43.3 Å². The molecule has 0 bridgehead atoms. The molecule has 10 heteroatoms. The first-order valence-electron chi connectivity index (χ1n) is 11.9. The monoisotopic (exact) mass is 501 g/mol. The highest BCUT2D eigenvalue weighted by Crippen LogP contribution is 2.35. The molecule has 10 nitrogen and oxygen atoms in total. The standard InChI is InChI=1S/C27H27N5O5/c1-16-30-25(37-32-16)24-29-13-12-23(31-24)35-20-10-6-18(7-11-20)27(2,3)17-4-8-19(9-5-17)34-21-14-22(15-21)36-26(28)33/h4-13,21-22H,14-15H2,1-3H3,(H2,28,33). The molecule has 190 valence electrons. The second-order valence-electron chi connectivity index (χ2n) is 9.41. The number of amides is 1. The van der Waals surface area contributed by atoms with Crippen molar-refractivity contribution in [1.29, 1.82) is 0 Å². The Labute approximate surface area is 213 Å². The van der Waals surface area contributed by atoms with Gasteiger partial charge in [0.15, 0.2) is 5.82 Å². The van der Waals surface area contributed by atoms with E-state index < -0.39 is 6.09 Å². The molecule has 0 unspecified atom stereocenters. The van der Waals surface area contributed by atoms with Crippen molar-refractivity contribution in [3.63, 3.8) is 0 Å². The molecule has 0 radical (unpaired) electrons. The molecule has 1 aliphatic rings. The molecule has 0 saturated heterocycles. The lowest BCUT2D eigenvalue weighted by Crippen LogP contribution is -2.41. The van der Waals surface area contributed by atoms with E-state index in [1.54, 1.807) is 19.2 Å². The second kappa shape index (κ2) is 9.88. The maximum Gasteiger partial charge on any atom is 0.404 e. The second-order valence-corrected chi connectivity index (χ2v) is 9.41. The summed E-state index contributed by atoms with van der Waals surface area (Å²) in [6.07, 6.45) is 2.01. The van der Waals surface area contributed by atoms with Gasteiger partial charge in [0.25, 0.3) is 5.89 Å². The lowest BCUT2D eigenvalue weighted by Gasteiger charge is -2.34. The van der Waals surface area contributed by atoms with E-state index in [0.717, 1.165) is 16.9 Å². The Morgan fingerprint density at radius 2 is 1.59 bits per heavy atom. The summed E-state index contributed by atoms with van der Waals surface area (Å²) in [5, 5.41) is 3.77. The average molecular weight is 502 g/mol. The number of nitrogens with two attached hydrogens (primary N) is 1. The van der Waals surface area contributed by atoms with Crippen LogP contribution in [0.2, 0.25) is 0 Å². The maximum absolute atomic E-state index is 10.8. The Morgan fingerprint density at radius 1 is 0.946 bits per heavy atom. The fourth-order valence-electron chi connectivity index (χ4n) is 4.13. The van der Waals surface area contributed by atoms with Crippen LogP contribution in [0.3, 0.4) is 0 Å². The van der Waals surface area contributed by atoms with Gasteiger partial charge in [0.05, 0.1) is 0 Å². The van der Waals surface area contributed by atoms with E-state index in [2.05, 4.69) is 46.1 Å². The molecular weight excluding hydrogens is 474 g/mol. The average Bonchev–Trinajstić information content (AvgIpc) is 3.30. The van der Waals surface area contributed by atoms with Crippen LogP contribution < -0.4 is 15.2 Å². The molecule has 2 aromatic carbocycles. The molecule has 0 atom stereocenters. The van der Waals surface area contributed by atoms with Crippen LogP contribution in [-0.4, -0.2) is 38.4 Å². The lowest BCUT2D eigenvalue weighted by molar-refractivity contribution is -0.0197. The Morgan fingerprint density at radius 3 is 2.19 bits per heavy atom. The summed E-state index contributed by atoms with van der Waals surface area (Å²) in [5.74, 6) is 2.86. The number of hydrogen-bond acceptors (Lipinski definition) is 9. The summed E-state index contributed by atoms with van der Waals surface area (Å²) in [4.78, 5) is 23.5. The number of carbonyl (C=O) groups is 1. The summed E-state index contributed by atoms with van der Waals surface area (Å²) in [6, 6.07) is 17.6. The largest absolute Gasteiger partial charge is 0.490 e. The van der Waals surface area contributed by atoms with E-state index in [0.29, 0.717) is 36.1 Å². The van der Waals surface area contributed by atoms with Crippen molar-refractivity contribution < 1.29 is 23.5 Å². The molecule has 1 saturated carbocycles. The number of carbonyl (C=O) groups excluding carboxylic acids is 1. The third-order valence-electron chi connectivity index (χ3n) is 6.36. The predicted molar refractivity (Wildman–Crippen MR) is 133 cm³/mol. The molecule has 4 aromatic rings.